The molecule has 4 heteroatoms. The van der Waals surface area contributed by atoms with Gasteiger partial charge in [0, 0.05) is 25.3 Å². The molecule has 1 aliphatic carbocycles. The van der Waals surface area contributed by atoms with Gasteiger partial charge in [-0.3, -0.25) is 0 Å². The van der Waals surface area contributed by atoms with Crippen molar-refractivity contribution < 1.29 is 0 Å². The molecular formula is C13H24N4. The first-order valence-corrected chi connectivity index (χ1v) is 6.63. The molecule has 0 amide bonds. The molecular weight excluding hydrogens is 212 g/mol. The summed E-state index contributed by atoms with van der Waals surface area (Å²) in [4.78, 5) is 6.65. The Kier molecular flexibility index (Phi) is 4.57. The molecule has 0 atom stereocenters. The first-order chi connectivity index (χ1) is 8.24. The molecule has 0 saturated heterocycles. The van der Waals surface area contributed by atoms with Crippen molar-refractivity contribution in [2.45, 2.75) is 44.8 Å². The third-order valence-electron chi connectivity index (χ3n) is 3.11. The van der Waals surface area contributed by atoms with E-state index in [1.807, 2.05) is 6.33 Å². The van der Waals surface area contributed by atoms with Crippen LogP contribution in [0.15, 0.2) is 12.5 Å². The van der Waals surface area contributed by atoms with Crippen molar-refractivity contribution in [2.24, 2.45) is 0 Å². The predicted molar refractivity (Wildman–Crippen MR) is 69.9 cm³/mol. The standard InChI is InChI=1S/C13H24N4/c1-16(2)7-3-4-8-17-10-13(15-11-17)9-14-12-5-6-12/h10-12,14H,3-9H2,1-2H3. The zero-order valence-electron chi connectivity index (χ0n) is 11.0. The highest BCUT2D eigenvalue weighted by Crippen LogP contribution is 2.18. The molecule has 1 aromatic heterocycles. The highest BCUT2D eigenvalue weighted by atomic mass is 15.1. The summed E-state index contributed by atoms with van der Waals surface area (Å²) in [5.41, 5.74) is 1.17. The highest BCUT2D eigenvalue weighted by molar-refractivity contribution is 4.97. The molecule has 96 valence electrons. The Morgan fingerprint density at radius 3 is 2.94 bits per heavy atom. The maximum absolute atomic E-state index is 4.42. The summed E-state index contributed by atoms with van der Waals surface area (Å²) in [7, 11) is 4.25. The second-order valence-corrected chi connectivity index (χ2v) is 5.27. The average molecular weight is 236 g/mol. The fraction of sp³-hybridized carbons (Fsp3) is 0.769. The predicted octanol–water partition coefficient (Wildman–Crippen LogP) is 1.48. The van der Waals surface area contributed by atoms with E-state index in [0.29, 0.717) is 0 Å². The van der Waals surface area contributed by atoms with Crippen LogP contribution in [-0.2, 0) is 13.1 Å². The third-order valence-corrected chi connectivity index (χ3v) is 3.11. The zero-order chi connectivity index (χ0) is 12.1. The Bertz CT molecular complexity index is 328. The molecule has 2 rings (SSSR count). The summed E-state index contributed by atoms with van der Waals surface area (Å²) in [5, 5.41) is 3.49. The lowest BCUT2D eigenvalue weighted by molar-refractivity contribution is 0.387. The van der Waals surface area contributed by atoms with Gasteiger partial charge in [-0.1, -0.05) is 0 Å². The van der Waals surface area contributed by atoms with E-state index in [2.05, 4.69) is 40.1 Å². The summed E-state index contributed by atoms with van der Waals surface area (Å²) in [6, 6.07) is 0.764. The zero-order valence-corrected chi connectivity index (χ0v) is 11.0. The summed E-state index contributed by atoms with van der Waals surface area (Å²) in [5.74, 6) is 0. The van der Waals surface area contributed by atoms with Crippen LogP contribution in [0, 0.1) is 0 Å². The number of nitrogens with one attached hydrogen (secondary N) is 1. The largest absolute Gasteiger partial charge is 0.337 e. The van der Waals surface area contributed by atoms with Gasteiger partial charge in [0.2, 0.25) is 0 Å². The first-order valence-electron chi connectivity index (χ1n) is 6.63. The number of aromatic nitrogens is 2. The Labute approximate surface area is 104 Å². The molecule has 1 aromatic rings. The van der Waals surface area contributed by atoms with Crippen molar-refractivity contribution in [1.82, 2.24) is 19.8 Å². The molecule has 0 unspecified atom stereocenters. The fourth-order valence-electron chi connectivity index (χ4n) is 1.88. The number of rotatable bonds is 8. The number of unbranched alkanes of at least 4 members (excludes halogenated alkanes) is 1. The lowest BCUT2D eigenvalue weighted by Gasteiger charge is -2.08. The molecule has 0 aromatic carbocycles. The van der Waals surface area contributed by atoms with E-state index in [1.54, 1.807) is 0 Å². The maximum Gasteiger partial charge on any atom is 0.0949 e. The maximum atomic E-state index is 4.42. The smallest absolute Gasteiger partial charge is 0.0949 e. The Morgan fingerprint density at radius 1 is 1.41 bits per heavy atom. The molecule has 0 aliphatic heterocycles. The SMILES string of the molecule is CN(C)CCCCn1cnc(CNC2CC2)c1. The Hall–Kier alpha value is -0.870. The van der Waals surface area contributed by atoms with Gasteiger partial charge in [0.1, 0.15) is 0 Å². The molecule has 4 nitrogen and oxygen atoms in total. The van der Waals surface area contributed by atoms with Crippen LogP contribution in [0.3, 0.4) is 0 Å². The topological polar surface area (TPSA) is 33.1 Å². The molecule has 1 saturated carbocycles. The van der Waals surface area contributed by atoms with Crippen molar-refractivity contribution in [3.63, 3.8) is 0 Å². The van der Waals surface area contributed by atoms with Crippen LogP contribution in [0.5, 0.6) is 0 Å². The van der Waals surface area contributed by atoms with Gasteiger partial charge in [0.15, 0.2) is 0 Å². The van der Waals surface area contributed by atoms with Crippen LogP contribution < -0.4 is 5.32 Å². The average Bonchev–Trinajstić information content (AvgIpc) is 3.01. The van der Waals surface area contributed by atoms with Crippen molar-refractivity contribution in [3.8, 4) is 0 Å². The van der Waals surface area contributed by atoms with Gasteiger partial charge >= 0.3 is 0 Å². The fourth-order valence-corrected chi connectivity index (χ4v) is 1.88. The summed E-state index contributed by atoms with van der Waals surface area (Å²) >= 11 is 0. The minimum absolute atomic E-state index is 0.764. The third kappa shape index (κ3) is 4.88. The first kappa shape index (κ1) is 12.6. The molecule has 17 heavy (non-hydrogen) atoms. The van der Waals surface area contributed by atoms with Crippen LogP contribution in [0.4, 0.5) is 0 Å². The monoisotopic (exact) mass is 236 g/mol. The number of imidazole rings is 1. The van der Waals surface area contributed by atoms with Crippen LogP contribution in [-0.4, -0.2) is 41.1 Å². The van der Waals surface area contributed by atoms with Gasteiger partial charge in [0.25, 0.3) is 0 Å². The molecule has 0 bridgehead atoms. The van der Waals surface area contributed by atoms with Crippen molar-refractivity contribution in [3.05, 3.63) is 18.2 Å². The normalized spacial score (nSPS) is 15.7. The molecule has 0 radical (unpaired) electrons. The second-order valence-electron chi connectivity index (χ2n) is 5.27. The summed E-state index contributed by atoms with van der Waals surface area (Å²) < 4.78 is 2.21. The number of nitrogens with zero attached hydrogens (tertiary/aromatic N) is 3. The molecule has 1 aliphatic rings. The van der Waals surface area contributed by atoms with E-state index in [1.165, 1.54) is 37.9 Å². The molecule has 1 fully saturated rings. The van der Waals surface area contributed by atoms with Crippen molar-refractivity contribution in [2.75, 3.05) is 20.6 Å². The lowest BCUT2D eigenvalue weighted by Crippen LogP contribution is -2.15. The van der Waals surface area contributed by atoms with Gasteiger partial charge in [-0.25, -0.2) is 4.98 Å². The highest BCUT2D eigenvalue weighted by Gasteiger charge is 2.20. The van der Waals surface area contributed by atoms with Crippen LogP contribution in [0.2, 0.25) is 0 Å². The number of hydrogen-bond donors (Lipinski definition) is 1. The van der Waals surface area contributed by atoms with E-state index >= 15 is 0 Å². The number of hydrogen-bond acceptors (Lipinski definition) is 3. The van der Waals surface area contributed by atoms with E-state index < -0.39 is 0 Å². The van der Waals surface area contributed by atoms with E-state index in [4.69, 9.17) is 0 Å². The number of aryl methyl sites for hydroxylation is 1. The molecule has 0 spiro atoms. The minimum atomic E-state index is 0.764. The minimum Gasteiger partial charge on any atom is -0.337 e. The summed E-state index contributed by atoms with van der Waals surface area (Å²) in [6.45, 7) is 3.18. The van der Waals surface area contributed by atoms with Gasteiger partial charge in [-0.05, 0) is 46.3 Å². The van der Waals surface area contributed by atoms with Crippen LogP contribution in [0.25, 0.3) is 0 Å². The van der Waals surface area contributed by atoms with Crippen LogP contribution in [0.1, 0.15) is 31.4 Å². The molecule has 1 N–H and O–H groups in total. The second kappa shape index (κ2) is 6.17. The van der Waals surface area contributed by atoms with E-state index in [0.717, 1.165) is 19.1 Å². The van der Waals surface area contributed by atoms with E-state index in [9.17, 15) is 0 Å². The quantitative estimate of drug-likeness (QED) is 0.694. The van der Waals surface area contributed by atoms with Crippen LogP contribution >= 0.6 is 0 Å². The Morgan fingerprint density at radius 2 is 2.24 bits per heavy atom. The van der Waals surface area contributed by atoms with Crippen molar-refractivity contribution >= 4 is 0 Å². The van der Waals surface area contributed by atoms with Gasteiger partial charge in [-0.2, -0.15) is 0 Å². The van der Waals surface area contributed by atoms with Gasteiger partial charge < -0.3 is 14.8 Å². The van der Waals surface area contributed by atoms with E-state index in [-0.39, 0.29) is 0 Å². The van der Waals surface area contributed by atoms with Gasteiger partial charge in [-0.15, -0.1) is 0 Å². The lowest BCUT2D eigenvalue weighted by atomic mass is 10.3. The van der Waals surface area contributed by atoms with Gasteiger partial charge in [0.05, 0.1) is 12.0 Å². The Balaban J connectivity index is 1.62. The van der Waals surface area contributed by atoms with Crippen molar-refractivity contribution in [1.29, 1.82) is 0 Å². The molecule has 1 heterocycles. The summed E-state index contributed by atoms with van der Waals surface area (Å²) in [6.07, 6.45) is 9.28.